The summed E-state index contributed by atoms with van der Waals surface area (Å²) >= 11 is 0. The van der Waals surface area contributed by atoms with Crippen LogP contribution in [0.15, 0.2) is 24.3 Å². The van der Waals surface area contributed by atoms with E-state index < -0.39 is 0 Å². The molecule has 0 saturated carbocycles. The molecule has 78 valence electrons. The predicted molar refractivity (Wildman–Crippen MR) is 59.6 cm³/mol. The van der Waals surface area contributed by atoms with E-state index in [9.17, 15) is 0 Å². The van der Waals surface area contributed by atoms with Gasteiger partial charge in [0.25, 0.3) is 0 Å². The number of benzene rings is 1. The maximum atomic E-state index is 5.81. The third-order valence-corrected chi connectivity index (χ3v) is 2.24. The average Bonchev–Trinajstić information content (AvgIpc) is 2.21. The molecule has 0 unspecified atom stereocenters. The largest absolute Gasteiger partial charge is 0.490 e. The minimum atomic E-state index is 0.285. The Hall–Kier alpha value is -1.02. The Kier molecular flexibility index (Phi) is 4.47. The first-order chi connectivity index (χ1) is 6.77. The smallest absolute Gasteiger partial charge is 0.124 e. The zero-order valence-electron chi connectivity index (χ0n) is 9.21. The standard InChI is InChI=1S/C12H19NO/c1-4-10(2)14-12-8-6-5-7-11(12)9-13-3/h5-8,10,13H,4,9H2,1-3H3/t10-/m1/s1. The first kappa shape index (κ1) is 11.1. The van der Waals surface area contributed by atoms with Crippen LogP contribution < -0.4 is 10.1 Å². The van der Waals surface area contributed by atoms with E-state index in [-0.39, 0.29) is 6.10 Å². The lowest BCUT2D eigenvalue weighted by Crippen LogP contribution is -2.13. The highest BCUT2D eigenvalue weighted by Crippen LogP contribution is 2.19. The molecule has 1 N–H and O–H groups in total. The molecule has 0 aromatic heterocycles. The molecule has 0 amide bonds. The normalized spacial score (nSPS) is 12.5. The lowest BCUT2D eigenvalue weighted by atomic mass is 10.2. The van der Waals surface area contributed by atoms with Crippen LogP contribution >= 0.6 is 0 Å². The Morgan fingerprint density at radius 1 is 1.36 bits per heavy atom. The van der Waals surface area contributed by atoms with Crippen LogP contribution in [-0.4, -0.2) is 13.2 Å². The van der Waals surface area contributed by atoms with Crippen molar-refractivity contribution in [1.82, 2.24) is 5.32 Å². The summed E-state index contributed by atoms with van der Waals surface area (Å²) in [4.78, 5) is 0. The van der Waals surface area contributed by atoms with Gasteiger partial charge in [0.1, 0.15) is 5.75 Å². The Bertz CT molecular complexity index is 273. The number of para-hydroxylation sites is 1. The lowest BCUT2D eigenvalue weighted by Gasteiger charge is -2.15. The maximum Gasteiger partial charge on any atom is 0.124 e. The molecule has 0 heterocycles. The van der Waals surface area contributed by atoms with E-state index in [1.807, 2.05) is 25.2 Å². The summed E-state index contributed by atoms with van der Waals surface area (Å²) in [6, 6.07) is 8.17. The van der Waals surface area contributed by atoms with Crippen LogP contribution in [0.4, 0.5) is 0 Å². The van der Waals surface area contributed by atoms with Crippen molar-refractivity contribution in [3.63, 3.8) is 0 Å². The molecule has 14 heavy (non-hydrogen) atoms. The molecule has 1 rings (SSSR count). The second-order valence-corrected chi connectivity index (χ2v) is 3.47. The van der Waals surface area contributed by atoms with Gasteiger partial charge in [-0.05, 0) is 26.5 Å². The monoisotopic (exact) mass is 193 g/mol. The van der Waals surface area contributed by atoms with Gasteiger partial charge >= 0.3 is 0 Å². The van der Waals surface area contributed by atoms with Crippen molar-refractivity contribution in [3.05, 3.63) is 29.8 Å². The van der Waals surface area contributed by atoms with Crippen LogP contribution in [0.5, 0.6) is 5.75 Å². The van der Waals surface area contributed by atoms with Crippen LogP contribution in [0.2, 0.25) is 0 Å². The van der Waals surface area contributed by atoms with Crippen molar-refractivity contribution in [2.45, 2.75) is 32.9 Å². The molecule has 0 aliphatic rings. The van der Waals surface area contributed by atoms with Crippen molar-refractivity contribution in [3.8, 4) is 5.75 Å². The lowest BCUT2D eigenvalue weighted by molar-refractivity contribution is 0.215. The third kappa shape index (κ3) is 3.04. The van der Waals surface area contributed by atoms with Crippen molar-refractivity contribution in [2.75, 3.05) is 7.05 Å². The van der Waals surface area contributed by atoms with Gasteiger partial charge in [-0.1, -0.05) is 25.1 Å². The fourth-order valence-corrected chi connectivity index (χ4v) is 1.26. The quantitative estimate of drug-likeness (QED) is 0.776. The first-order valence-electron chi connectivity index (χ1n) is 5.17. The Balaban J connectivity index is 2.73. The fraction of sp³-hybridized carbons (Fsp3) is 0.500. The SMILES string of the molecule is CC[C@@H](C)Oc1ccccc1CNC. The zero-order chi connectivity index (χ0) is 10.4. The highest BCUT2D eigenvalue weighted by atomic mass is 16.5. The van der Waals surface area contributed by atoms with Gasteiger partial charge in [-0.2, -0.15) is 0 Å². The van der Waals surface area contributed by atoms with Crippen LogP contribution in [0, 0.1) is 0 Å². The molecule has 0 radical (unpaired) electrons. The molecule has 0 aliphatic heterocycles. The van der Waals surface area contributed by atoms with Crippen LogP contribution in [0.25, 0.3) is 0 Å². The van der Waals surface area contributed by atoms with Gasteiger partial charge < -0.3 is 10.1 Å². The van der Waals surface area contributed by atoms with Gasteiger partial charge in [0.05, 0.1) is 6.10 Å². The molecule has 1 aromatic carbocycles. The molecule has 0 aliphatic carbocycles. The Morgan fingerprint density at radius 3 is 2.71 bits per heavy atom. The molecule has 0 fully saturated rings. The molecule has 2 nitrogen and oxygen atoms in total. The number of hydrogen-bond acceptors (Lipinski definition) is 2. The summed E-state index contributed by atoms with van der Waals surface area (Å²) in [6.45, 7) is 5.08. The van der Waals surface area contributed by atoms with Crippen LogP contribution in [-0.2, 0) is 6.54 Å². The van der Waals surface area contributed by atoms with Gasteiger partial charge in [-0.15, -0.1) is 0 Å². The average molecular weight is 193 g/mol. The Morgan fingerprint density at radius 2 is 2.07 bits per heavy atom. The maximum absolute atomic E-state index is 5.81. The summed E-state index contributed by atoms with van der Waals surface area (Å²) < 4.78 is 5.81. The Labute approximate surface area is 86.3 Å². The van der Waals surface area contributed by atoms with Crippen molar-refractivity contribution in [1.29, 1.82) is 0 Å². The molecule has 2 heteroatoms. The van der Waals surface area contributed by atoms with Crippen molar-refractivity contribution in [2.24, 2.45) is 0 Å². The number of ether oxygens (including phenoxy) is 1. The summed E-state index contributed by atoms with van der Waals surface area (Å²) in [7, 11) is 1.94. The minimum absolute atomic E-state index is 0.285. The molecule has 0 spiro atoms. The second kappa shape index (κ2) is 5.66. The summed E-state index contributed by atoms with van der Waals surface area (Å²) in [5.74, 6) is 0.996. The van der Waals surface area contributed by atoms with Crippen LogP contribution in [0.1, 0.15) is 25.8 Å². The van der Waals surface area contributed by atoms with E-state index in [4.69, 9.17) is 4.74 Å². The number of rotatable bonds is 5. The summed E-state index contributed by atoms with van der Waals surface area (Å²) in [5, 5.41) is 3.14. The van der Waals surface area contributed by atoms with Gasteiger partial charge in [0.15, 0.2) is 0 Å². The molecule has 1 aromatic rings. The molecular weight excluding hydrogens is 174 g/mol. The number of nitrogens with one attached hydrogen (secondary N) is 1. The van der Waals surface area contributed by atoms with E-state index in [0.29, 0.717) is 0 Å². The minimum Gasteiger partial charge on any atom is -0.490 e. The van der Waals surface area contributed by atoms with E-state index in [1.54, 1.807) is 0 Å². The summed E-state index contributed by atoms with van der Waals surface area (Å²) in [6.07, 6.45) is 1.32. The van der Waals surface area contributed by atoms with Gasteiger partial charge in [-0.3, -0.25) is 0 Å². The van der Waals surface area contributed by atoms with Gasteiger partial charge in [-0.25, -0.2) is 0 Å². The topological polar surface area (TPSA) is 21.3 Å². The first-order valence-corrected chi connectivity index (χ1v) is 5.17. The molecule has 0 saturated heterocycles. The zero-order valence-corrected chi connectivity index (χ0v) is 9.21. The molecule has 0 bridgehead atoms. The fourth-order valence-electron chi connectivity index (χ4n) is 1.26. The van der Waals surface area contributed by atoms with E-state index >= 15 is 0 Å². The highest BCUT2D eigenvalue weighted by molar-refractivity contribution is 5.33. The van der Waals surface area contributed by atoms with Crippen molar-refractivity contribution >= 4 is 0 Å². The second-order valence-electron chi connectivity index (χ2n) is 3.47. The highest BCUT2D eigenvalue weighted by Gasteiger charge is 2.05. The predicted octanol–water partition coefficient (Wildman–Crippen LogP) is 2.58. The van der Waals surface area contributed by atoms with Crippen LogP contribution in [0.3, 0.4) is 0 Å². The van der Waals surface area contributed by atoms with E-state index in [1.165, 1.54) is 5.56 Å². The third-order valence-electron chi connectivity index (χ3n) is 2.24. The van der Waals surface area contributed by atoms with Gasteiger partial charge in [0.2, 0.25) is 0 Å². The van der Waals surface area contributed by atoms with Gasteiger partial charge in [0, 0.05) is 12.1 Å². The summed E-state index contributed by atoms with van der Waals surface area (Å²) in [5.41, 5.74) is 1.22. The number of hydrogen-bond donors (Lipinski definition) is 1. The molecular formula is C12H19NO. The molecule has 1 atom stereocenters. The van der Waals surface area contributed by atoms with Crippen molar-refractivity contribution < 1.29 is 4.74 Å². The van der Waals surface area contributed by atoms with E-state index in [2.05, 4.69) is 25.2 Å². The van der Waals surface area contributed by atoms with E-state index in [0.717, 1.165) is 18.7 Å².